The maximum Gasteiger partial charge on any atom is 0.410 e. The number of piperazine rings is 1. The highest BCUT2D eigenvalue weighted by molar-refractivity contribution is 5.95. The predicted molar refractivity (Wildman–Crippen MR) is 123 cm³/mol. The molecule has 0 aromatic rings. The SMILES string of the molecule is CC(C)(O)CC(=O)N1CC2CC(C1)N2C(=O)C1CNC(=O)C12CCN(C(=O)OC(C)(C)C)CC2. The molecule has 0 radical (unpaired) electrons. The Hall–Kier alpha value is -2.36. The minimum atomic E-state index is -1.06. The van der Waals surface area contributed by atoms with Gasteiger partial charge in [0.05, 0.1) is 35.4 Å². The molecule has 34 heavy (non-hydrogen) atoms. The van der Waals surface area contributed by atoms with Crippen molar-refractivity contribution in [2.75, 3.05) is 32.7 Å². The number of piperidine rings is 2. The minimum Gasteiger partial charge on any atom is -0.444 e. The van der Waals surface area contributed by atoms with Crippen LogP contribution in [0.5, 0.6) is 0 Å². The van der Waals surface area contributed by atoms with Gasteiger partial charge in [0.15, 0.2) is 0 Å². The average Bonchev–Trinajstić information content (AvgIpc) is 3.01. The summed E-state index contributed by atoms with van der Waals surface area (Å²) in [7, 11) is 0. The number of fused-ring (bicyclic) bond motifs is 2. The first-order valence-corrected chi connectivity index (χ1v) is 12.3. The second-order valence-electron chi connectivity index (χ2n) is 12.0. The lowest BCUT2D eigenvalue weighted by atomic mass is 9.69. The van der Waals surface area contributed by atoms with Gasteiger partial charge in [0.2, 0.25) is 17.7 Å². The number of carbonyl (C=O) groups excluding carboxylic acids is 4. The van der Waals surface area contributed by atoms with Crippen molar-refractivity contribution in [1.29, 1.82) is 0 Å². The zero-order chi connectivity index (χ0) is 25.1. The molecule has 5 rings (SSSR count). The number of carbonyl (C=O) groups is 4. The van der Waals surface area contributed by atoms with Crippen LogP contribution in [0.3, 0.4) is 0 Å². The van der Waals surface area contributed by atoms with Crippen molar-refractivity contribution in [2.24, 2.45) is 11.3 Å². The summed E-state index contributed by atoms with van der Waals surface area (Å²) in [6.45, 7) is 10.7. The minimum absolute atomic E-state index is 0.0279. The third-order valence-electron chi connectivity index (χ3n) is 7.58. The highest BCUT2D eigenvalue weighted by atomic mass is 16.6. The second kappa shape index (κ2) is 8.39. The maximum atomic E-state index is 13.7. The van der Waals surface area contributed by atoms with Gasteiger partial charge in [-0.15, -0.1) is 0 Å². The highest BCUT2D eigenvalue weighted by Gasteiger charge is 2.59. The summed E-state index contributed by atoms with van der Waals surface area (Å²) in [4.78, 5) is 56.8. The molecule has 0 aromatic heterocycles. The lowest BCUT2D eigenvalue weighted by Crippen LogP contribution is -2.72. The molecule has 2 N–H and O–H groups in total. The van der Waals surface area contributed by atoms with Gasteiger partial charge in [0, 0.05) is 32.7 Å². The maximum absolute atomic E-state index is 13.7. The molecule has 0 aromatic carbocycles. The van der Waals surface area contributed by atoms with E-state index in [0.29, 0.717) is 45.6 Å². The molecule has 190 valence electrons. The molecule has 0 aliphatic carbocycles. The Kier molecular flexibility index (Phi) is 6.11. The Balaban J connectivity index is 1.39. The number of hydrogen-bond donors (Lipinski definition) is 2. The Bertz CT molecular complexity index is 856. The smallest absolute Gasteiger partial charge is 0.410 e. The molecule has 4 amide bonds. The van der Waals surface area contributed by atoms with Crippen molar-refractivity contribution in [3.63, 3.8) is 0 Å². The number of rotatable bonds is 3. The van der Waals surface area contributed by atoms with Gasteiger partial charge in [-0.2, -0.15) is 0 Å². The van der Waals surface area contributed by atoms with Gasteiger partial charge >= 0.3 is 6.09 Å². The van der Waals surface area contributed by atoms with Gasteiger partial charge in [-0.25, -0.2) is 4.79 Å². The van der Waals surface area contributed by atoms with Crippen molar-refractivity contribution >= 4 is 23.8 Å². The van der Waals surface area contributed by atoms with E-state index in [1.807, 2.05) is 25.7 Å². The topological polar surface area (TPSA) is 119 Å². The van der Waals surface area contributed by atoms with E-state index in [1.165, 1.54) is 0 Å². The number of amides is 4. The number of hydrogen-bond acceptors (Lipinski definition) is 6. The fourth-order valence-electron chi connectivity index (χ4n) is 5.87. The van der Waals surface area contributed by atoms with E-state index in [-0.39, 0.29) is 36.2 Å². The molecule has 5 aliphatic rings. The molecule has 1 spiro atoms. The molecular weight excluding hydrogens is 440 g/mol. The summed E-state index contributed by atoms with van der Waals surface area (Å²) in [5.41, 5.74) is -2.46. The third kappa shape index (κ3) is 4.61. The predicted octanol–water partition coefficient (Wildman–Crippen LogP) is 0.722. The van der Waals surface area contributed by atoms with Crippen LogP contribution in [0.1, 0.15) is 60.3 Å². The molecule has 5 heterocycles. The van der Waals surface area contributed by atoms with Crippen LogP contribution in [-0.2, 0) is 19.1 Å². The lowest BCUT2D eigenvalue weighted by Gasteiger charge is -2.57. The van der Waals surface area contributed by atoms with Crippen LogP contribution in [0.4, 0.5) is 4.79 Å². The summed E-state index contributed by atoms with van der Waals surface area (Å²) in [5.74, 6) is -0.704. The summed E-state index contributed by atoms with van der Waals surface area (Å²) in [6, 6.07) is -0.0989. The van der Waals surface area contributed by atoms with E-state index in [4.69, 9.17) is 4.74 Å². The van der Waals surface area contributed by atoms with E-state index >= 15 is 0 Å². The number of aliphatic hydroxyl groups is 1. The fourth-order valence-corrected chi connectivity index (χ4v) is 5.87. The standard InChI is InChI=1S/C24H38N4O6/c1-22(2,3)34-21(32)26-8-6-24(7-9-26)17(12-25-20(24)31)19(30)28-15-10-16(28)14-27(13-15)18(29)11-23(4,5)33/h15-17,33H,6-14H2,1-5H3,(H,25,31). The summed E-state index contributed by atoms with van der Waals surface area (Å²) in [5, 5.41) is 12.9. The number of likely N-dealkylation sites (tertiary alicyclic amines) is 1. The van der Waals surface area contributed by atoms with Gasteiger partial charge in [0.25, 0.3) is 0 Å². The summed E-state index contributed by atoms with van der Waals surface area (Å²) >= 11 is 0. The van der Waals surface area contributed by atoms with E-state index < -0.39 is 28.6 Å². The molecule has 5 fully saturated rings. The monoisotopic (exact) mass is 478 g/mol. The molecular formula is C24H38N4O6. The average molecular weight is 479 g/mol. The molecule has 3 unspecified atom stereocenters. The van der Waals surface area contributed by atoms with Crippen molar-refractivity contribution in [2.45, 2.75) is 83.6 Å². The Morgan fingerprint density at radius 1 is 1.06 bits per heavy atom. The molecule has 5 aliphatic heterocycles. The van der Waals surface area contributed by atoms with Crippen LogP contribution >= 0.6 is 0 Å². The largest absolute Gasteiger partial charge is 0.444 e. The van der Waals surface area contributed by atoms with Crippen LogP contribution in [0, 0.1) is 11.3 Å². The summed E-state index contributed by atoms with van der Waals surface area (Å²) in [6.07, 6.45) is 1.36. The van der Waals surface area contributed by atoms with Gasteiger partial charge < -0.3 is 29.9 Å². The van der Waals surface area contributed by atoms with Gasteiger partial charge in [0.1, 0.15) is 5.60 Å². The molecule has 5 saturated heterocycles. The van der Waals surface area contributed by atoms with E-state index in [9.17, 15) is 24.3 Å². The van der Waals surface area contributed by atoms with Crippen LogP contribution in [0.25, 0.3) is 0 Å². The normalized spacial score (nSPS) is 28.5. The van der Waals surface area contributed by atoms with Gasteiger partial charge in [-0.05, 0) is 53.9 Å². The van der Waals surface area contributed by atoms with Crippen LogP contribution in [-0.4, -0.2) is 99.6 Å². The van der Waals surface area contributed by atoms with Gasteiger partial charge in [-0.3, -0.25) is 14.4 Å². The number of nitrogens with one attached hydrogen (secondary N) is 1. The van der Waals surface area contributed by atoms with Crippen molar-refractivity contribution in [1.82, 2.24) is 20.0 Å². The first-order valence-electron chi connectivity index (χ1n) is 12.3. The van der Waals surface area contributed by atoms with Crippen molar-refractivity contribution in [3.05, 3.63) is 0 Å². The molecule has 10 nitrogen and oxygen atoms in total. The Morgan fingerprint density at radius 2 is 1.65 bits per heavy atom. The Morgan fingerprint density at radius 3 is 2.18 bits per heavy atom. The van der Waals surface area contributed by atoms with Gasteiger partial charge in [-0.1, -0.05) is 0 Å². The van der Waals surface area contributed by atoms with Crippen LogP contribution in [0.2, 0.25) is 0 Å². The van der Waals surface area contributed by atoms with E-state index in [0.717, 1.165) is 6.42 Å². The van der Waals surface area contributed by atoms with E-state index in [1.54, 1.807) is 23.6 Å². The fraction of sp³-hybridized carbons (Fsp3) is 0.833. The summed E-state index contributed by atoms with van der Waals surface area (Å²) < 4.78 is 5.47. The zero-order valence-electron chi connectivity index (χ0n) is 20.9. The molecule has 3 atom stereocenters. The lowest BCUT2D eigenvalue weighted by molar-refractivity contribution is -0.169. The highest BCUT2D eigenvalue weighted by Crippen LogP contribution is 2.46. The Labute approximate surface area is 200 Å². The number of nitrogens with zero attached hydrogens (tertiary/aromatic N) is 3. The zero-order valence-corrected chi connectivity index (χ0v) is 20.9. The van der Waals surface area contributed by atoms with E-state index in [2.05, 4.69) is 5.32 Å². The third-order valence-corrected chi connectivity index (χ3v) is 7.58. The second-order valence-corrected chi connectivity index (χ2v) is 12.0. The first-order chi connectivity index (χ1) is 15.7. The molecule has 2 bridgehead atoms. The molecule has 0 saturated carbocycles. The van der Waals surface area contributed by atoms with Crippen LogP contribution in [0.15, 0.2) is 0 Å². The van der Waals surface area contributed by atoms with Crippen molar-refractivity contribution in [3.8, 4) is 0 Å². The van der Waals surface area contributed by atoms with Crippen LogP contribution < -0.4 is 5.32 Å². The first kappa shape index (κ1) is 24.8. The molecule has 10 heteroatoms. The quantitative estimate of drug-likeness (QED) is 0.617. The van der Waals surface area contributed by atoms with Crippen molar-refractivity contribution < 1.29 is 29.0 Å². The number of ether oxygens (including phenoxy) is 1.